The van der Waals surface area contributed by atoms with E-state index in [1.54, 1.807) is 13.8 Å². The number of nitrogens with two attached hydrogens (primary N) is 1. The first kappa shape index (κ1) is 24.1. The monoisotopic (exact) mass is 420 g/mol. The highest BCUT2D eigenvalue weighted by atomic mass is 16.4. The van der Waals surface area contributed by atoms with Gasteiger partial charge in [-0.1, -0.05) is 27.7 Å². The second kappa shape index (κ2) is 10.2. The number of ketones is 1. The molecule has 1 saturated heterocycles. The highest BCUT2D eigenvalue weighted by Crippen LogP contribution is 2.28. The molecule has 8 heteroatoms. The number of carbonyl (C=O) groups excluding carboxylic acids is 3. The molecule has 8 nitrogen and oxygen atoms in total. The Morgan fingerprint density at radius 2 is 2.00 bits per heavy atom. The lowest BCUT2D eigenvalue weighted by Crippen LogP contribution is -2.34. The molecule has 2 heterocycles. The molecule has 0 saturated carbocycles. The molecule has 1 aliphatic rings. The van der Waals surface area contributed by atoms with E-state index < -0.39 is 11.3 Å². The summed E-state index contributed by atoms with van der Waals surface area (Å²) in [6, 6.07) is 0. The van der Waals surface area contributed by atoms with Crippen LogP contribution in [0.15, 0.2) is 4.42 Å². The lowest BCUT2D eigenvalue weighted by molar-refractivity contribution is -0.124. The van der Waals surface area contributed by atoms with E-state index in [9.17, 15) is 14.4 Å². The number of Topliss-reactive ketones (excluding diaryl/α,β-unsaturated/α-hetero) is 1. The van der Waals surface area contributed by atoms with Gasteiger partial charge in [0.2, 0.25) is 17.6 Å². The largest absolute Gasteiger partial charge is 0.437 e. The number of nitrogens with zero attached hydrogens (tertiary/aromatic N) is 2. The van der Waals surface area contributed by atoms with E-state index in [0.717, 1.165) is 25.9 Å². The van der Waals surface area contributed by atoms with Gasteiger partial charge in [-0.05, 0) is 44.2 Å². The summed E-state index contributed by atoms with van der Waals surface area (Å²) in [5.74, 6) is 0.347. The van der Waals surface area contributed by atoms with Gasteiger partial charge in [0.15, 0.2) is 11.7 Å². The number of hydrogen-bond donors (Lipinski definition) is 2. The van der Waals surface area contributed by atoms with Crippen molar-refractivity contribution in [1.29, 1.82) is 0 Å². The Hall–Kier alpha value is -2.22. The third-order valence-corrected chi connectivity index (χ3v) is 5.28. The molecular formula is C22H36N4O4. The predicted octanol–water partition coefficient (Wildman–Crippen LogP) is 2.27. The highest BCUT2D eigenvalue weighted by molar-refractivity contribution is 5.98. The van der Waals surface area contributed by atoms with E-state index in [2.05, 4.69) is 36.1 Å². The second-order valence-electron chi connectivity index (χ2n) is 9.71. The van der Waals surface area contributed by atoms with Crippen molar-refractivity contribution in [3.8, 4) is 0 Å². The molecule has 168 valence electrons. The zero-order chi connectivity index (χ0) is 22.5. The third-order valence-electron chi connectivity index (χ3n) is 5.28. The maximum Gasteiger partial charge on any atom is 0.220 e. The fraction of sp³-hybridized carbons (Fsp3) is 0.727. The Bertz CT molecular complexity index is 769. The van der Waals surface area contributed by atoms with Gasteiger partial charge in [-0.25, -0.2) is 4.98 Å². The number of likely N-dealkylation sites (tertiary alicyclic amines) is 1. The van der Waals surface area contributed by atoms with Crippen molar-refractivity contribution in [2.45, 2.75) is 65.7 Å². The third kappa shape index (κ3) is 7.23. The molecule has 0 spiro atoms. The number of primary amides is 1. The first-order chi connectivity index (χ1) is 14.0. The molecule has 1 unspecified atom stereocenters. The van der Waals surface area contributed by atoms with Crippen molar-refractivity contribution in [2.24, 2.45) is 17.1 Å². The molecule has 0 bridgehead atoms. The SMILES string of the molecule is CC(C)Cc1nc(C2CCCN(C)C2)oc1C(=O)CNC(=O)CC(C)(C)CC(N)=O. The Balaban J connectivity index is 2.06. The summed E-state index contributed by atoms with van der Waals surface area (Å²) in [7, 11) is 2.07. The lowest BCUT2D eigenvalue weighted by atomic mass is 9.85. The van der Waals surface area contributed by atoms with E-state index >= 15 is 0 Å². The molecule has 3 N–H and O–H groups in total. The Kier molecular flexibility index (Phi) is 8.18. The number of piperidine rings is 1. The van der Waals surface area contributed by atoms with Crippen LogP contribution in [-0.2, 0) is 16.0 Å². The van der Waals surface area contributed by atoms with E-state index in [-0.39, 0.29) is 42.8 Å². The molecule has 1 aromatic heterocycles. The molecule has 2 rings (SSSR count). The summed E-state index contributed by atoms with van der Waals surface area (Å²) in [5, 5.41) is 2.65. The summed E-state index contributed by atoms with van der Waals surface area (Å²) in [6.45, 7) is 9.49. The van der Waals surface area contributed by atoms with Gasteiger partial charge in [-0.15, -0.1) is 0 Å². The molecule has 0 radical (unpaired) electrons. The van der Waals surface area contributed by atoms with Crippen LogP contribution in [0.5, 0.6) is 0 Å². The average Bonchev–Trinajstić information content (AvgIpc) is 3.01. The second-order valence-corrected chi connectivity index (χ2v) is 9.71. The van der Waals surface area contributed by atoms with Crippen molar-refractivity contribution in [2.75, 3.05) is 26.7 Å². The van der Waals surface area contributed by atoms with Crippen molar-refractivity contribution < 1.29 is 18.8 Å². The molecule has 0 aliphatic carbocycles. The molecular weight excluding hydrogens is 384 g/mol. The Morgan fingerprint density at radius 1 is 1.30 bits per heavy atom. The van der Waals surface area contributed by atoms with Crippen LogP contribution in [-0.4, -0.2) is 54.2 Å². The molecule has 0 aromatic carbocycles. The zero-order valence-corrected chi connectivity index (χ0v) is 18.9. The average molecular weight is 421 g/mol. The van der Waals surface area contributed by atoms with Gasteiger partial charge in [-0.2, -0.15) is 0 Å². The first-order valence-electron chi connectivity index (χ1n) is 10.7. The van der Waals surface area contributed by atoms with E-state index in [1.807, 2.05) is 0 Å². The van der Waals surface area contributed by atoms with E-state index in [4.69, 9.17) is 10.2 Å². The van der Waals surface area contributed by atoms with Crippen LogP contribution in [0.3, 0.4) is 0 Å². The Labute approximate surface area is 179 Å². The van der Waals surface area contributed by atoms with Crippen LogP contribution in [0.25, 0.3) is 0 Å². The minimum absolute atomic E-state index is 0.105. The fourth-order valence-corrected chi connectivity index (χ4v) is 3.95. The number of rotatable bonds is 10. The van der Waals surface area contributed by atoms with E-state index in [0.29, 0.717) is 23.9 Å². The number of nitrogens with one attached hydrogen (secondary N) is 1. The highest BCUT2D eigenvalue weighted by Gasteiger charge is 2.29. The van der Waals surface area contributed by atoms with Crippen LogP contribution in [0, 0.1) is 11.3 Å². The number of amides is 2. The number of aromatic nitrogens is 1. The van der Waals surface area contributed by atoms with Gasteiger partial charge in [0.05, 0.1) is 12.2 Å². The number of carbonyl (C=O) groups is 3. The molecule has 1 atom stereocenters. The van der Waals surface area contributed by atoms with Crippen molar-refractivity contribution in [3.05, 3.63) is 17.3 Å². The number of oxazole rings is 1. The van der Waals surface area contributed by atoms with Crippen LogP contribution < -0.4 is 11.1 Å². The van der Waals surface area contributed by atoms with Crippen molar-refractivity contribution in [3.63, 3.8) is 0 Å². The summed E-state index contributed by atoms with van der Waals surface area (Å²) in [4.78, 5) is 43.1. The summed E-state index contributed by atoms with van der Waals surface area (Å²) >= 11 is 0. The van der Waals surface area contributed by atoms with Gasteiger partial charge >= 0.3 is 0 Å². The molecule has 1 aliphatic heterocycles. The fourth-order valence-electron chi connectivity index (χ4n) is 3.95. The predicted molar refractivity (Wildman–Crippen MR) is 114 cm³/mol. The standard InChI is InChI=1S/C22H36N4O4/c1-14(2)9-16-20(30-21(25-16)15-7-6-8-26(5)13-15)17(27)12-24-19(29)11-22(3,4)10-18(23)28/h14-15H,6-13H2,1-5H3,(H2,23,28)(H,24,29). The van der Waals surface area contributed by atoms with Crippen LogP contribution >= 0.6 is 0 Å². The van der Waals surface area contributed by atoms with Gasteiger partial charge in [0, 0.05) is 25.3 Å². The van der Waals surface area contributed by atoms with Gasteiger partial charge in [-0.3, -0.25) is 14.4 Å². The smallest absolute Gasteiger partial charge is 0.220 e. The quantitative estimate of drug-likeness (QED) is 0.561. The summed E-state index contributed by atoms with van der Waals surface area (Å²) in [5.41, 5.74) is 5.34. The lowest BCUT2D eigenvalue weighted by Gasteiger charge is -2.27. The summed E-state index contributed by atoms with van der Waals surface area (Å²) in [6.07, 6.45) is 2.92. The first-order valence-corrected chi connectivity index (χ1v) is 10.7. The number of hydrogen-bond acceptors (Lipinski definition) is 6. The topological polar surface area (TPSA) is 119 Å². The van der Waals surface area contributed by atoms with Crippen LogP contribution in [0.4, 0.5) is 0 Å². The van der Waals surface area contributed by atoms with Gasteiger partial charge < -0.3 is 20.4 Å². The minimum Gasteiger partial charge on any atom is -0.437 e. The molecule has 1 fully saturated rings. The van der Waals surface area contributed by atoms with Crippen LogP contribution in [0.1, 0.15) is 81.4 Å². The van der Waals surface area contributed by atoms with Crippen LogP contribution in [0.2, 0.25) is 0 Å². The molecule has 1 aromatic rings. The Morgan fingerprint density at radius 3 is 2.60 bits per heavy atom. The van der Waals surface area contributed by atoms with Crippen molar-refractivity contribution >= 4 is 17.6 Å². The normalized spacial score (nSPS) is 17.9. The van der Waals surface area contributed by atoms with E-state index in [1.165, 1.54) is 0 Å². The zero-order valence-electron chi connectivity index (χ0n) is 18.9. The van der Waals surface area contributed by atoms with Gasteiger partial charge in [0.1, 0.15) is 0 Å². The minimum atomic E-state index is -0.561. The molecule has 2 amide bonds. The van der Waals surface area contributed by atoms with Gasteiger partial charge in [0.25, 0.3) is 0 Å². The summed E-state index contributed by atoms with van der Waals surface area (Å²) < 4.78 is 5.95. The number of likely N-dealkylation sites (N-methyl/N-ethyl adjacent to an activating group) is 1. The molecule has 30 heavy (non-hydrogen) atoms. The maximum atomic E-state index is 12.8. The van der Waals surface area contributed by atoms with Crippen molar-refractivity contribution in [1.82, 2.24) is 15.2 Å². The maximum absolute atomic E-state index is 12.8.